The largest absolute Gasteiger partial charge is 0.396 e. The van der Waals surface area contributed by atoms with Crippen LogP contribution in [0.4, 0.5) is 0 Å². The highest BCUT2D eigenvalue weighted by Crippen LogP contribution is 2.22. The summed E-state index contributed by atoms with van der Waals surface area (Å²) in [5, 5.41) is 8.72. The number of hydrogen-bond donors (Lipinski definition) is 1. The number of aliphatic hydroxyl groups is 1. The first-order valence-electron chi connectivity index (χ1n) is 11.0. The molecule has 1 nitrogen and oxygen atoms in total. The van der Waals surface area contributed by atoms with E-state index in [1.165, 1.54) is 109 Å². The quantitative estimate of drug-likeness (QED) is 0.242. The van der Waals surface area contributed by atoms with Gasteiger partial charge in [0.15, 0.2) is 0 Å². The predicted octanol–water partition coefficient (Wildman–Crippen LogP) is 7.66. The minimum Gasteiger partial charge on any atom is -0.396 e. The molecular weight excluding hydrogens is 280 g/mol. The van der Waals surface area contributed by atoms with E-state index in [9.17, 15) is 0 Å². The highest BCUT2D eigenvalue weighted by Gasteiger charge is 2.06. The average molecular weight is 327 g/mol. The fourth-order valence-electron chi connectivity index (χ4n) is 3.65. The normalized spacial score (nSPS) is 12.7. The minimum absolute atomic E-state index is 0.373. The Labute approximate surface area is 147 Å². The highest BCUT2D eigenvalue weighted by atomic mass is 16.2. The smallest absolute Gasteiger partial charge is 0.0431 e. The van der Waals surface area contributed by atoms with Gasteiger partial charge in [-0.15, -0.1) is 0 Å². The van der Waals surface area contributed by atoms with Gasteiger partial charge in [0.1, 0.15) is 0 Å². The number of rotatable bonds is 19. The fraction of sp³-hybridized carbons (Fsp3) is 1.00. The van der Waals surface area contributed by atoms with Crippen LogP contribution in [0, 0.1) is 5.92 Å². The topological polar surface area (TPSA) is 20.2 Å². The molecule has 0 aromatic heterocycles. The summed E-state index contributed by atoms with van der Waals surface area (Å²) in [7, 11) is 0. The average Bonchev–Trinajstić information content (AvgIpc) is 2.56. The molecule has 1 atom stereocenters. The third-order valence-electron chi connectivity index (χ3n) is 5.18. The first-order valence-corrected chi connectivity index (χ1v) is 11.0. The molecule has 0 bridgehead atoms. The van der Waals surface area contributed by atoms with Crippen molar-refractivity contribution >= 4 is 0 Å². The van der Waals surface area contributed by atoms with Crippen LogP contribution in [0.1, 0.15) is 129 Å². The van der Waals surface area contributed by atoms with Crippen LogP contribution in [0.2, 0.25) is 0 Å². The van der Waals surface area contributed by atoms with E-state index in [1.54, 1.807) is 0 Å². The molecule has 0 aliphatic heterocycles. The van der Waals surface area contributed by atoms with Crippen LogP contribution in [-0.4, -0.2) is 11.7 Å². The lowest BCUT2D eigenvalue weighted by atomic mass is 9.91. The van der Waals surface area contributed by atoms with Crippen molar-refractivity contribution in [3.63, 3.8) is 0 Å². The maximum absolute atomic E-state index is 8.72. The zero-order valence-electron chi connectivity index (χ0n) is 16.5. The Morgan fingerprint density at radius 1 is 0.478 bits per heavy atom. The zero-order chi connectivity index (χ0) is 17.0. The summed E-state index contributed by atoms with van der Waals surface area (Å²) < 4.78 is 0. The first-order chi connectivity index (χ1) is 11.3. The lowest BCUT2D eigenvalue weighted by Gasteiger charge is -2.15. The SMILES string of the molecule is CCCCC(CCC)CCCCCCCCCCCCCCO. The second-order valence-corrected chi connectivity index (χ2v) is 7.55. The van der Waals surface area contributed by atoms with Gasteiger partial charge in [0.25, 0.3) is 0 Å². The third-order valence-corrected chi connectivity index (χ3v) is 5.18. The summed E-state index contributed by atoms with van der Waals surface area (Å²) in [6.07, 6.45) is 25.1. The molecule has 0 heterocycles. The third kappa shape index (κ3) is 18.1. The van der Waals surface area contributed by atoms with Gasteiger partial charge in [0.2, 0.25) is 0 Å². The molecule has 0 amide bonds. The molecule has 0 aromatic rings. The van der Waals surface area contributed by atoms with E-state index in [0.29, 0.717) is 6.61 Å². The first kappa shape index (κ1) is 23.0. The van der Waals surface area contributed by atoms with Gasteiger partial charge >= 0.3 is 0 Å². The van der Waals surface area contributed by atoms with E-state index in [-0.39, 0.29) is 0 Å². The second kappa shape index (κ2) is 20.0. The van der Waals surface area contributed by atoms with Crippen LogP contribution in [0.5, 0.6) is 0 Å². The van der Waals surface area contributed by atoms with Crippen LogP contribution in [0.3, 0.4) is 0 Å². The maximum atomic E-state index is 8.72. The Morgan fingerprint density at radius 2 is 0.913 bits per heavy atom. The van der Waals surface area contributed by atoms with Gasteiger partial charge in [-0.25, -0.2) is 0 Å². The molecule has 0 aliphatic rings. The summed E-state index contributed by atoms with van der Waals surface area (Å²) in [4.78, 5) is 0. The standard InChI is InChI=1S/C22H46O/c1-3-5-19-22(18-4-2)20-16-14-12-10-8-6-7-9-11-13-15-17-21-23/h22-23H,3-21H2,1-2H3. The molecule has 0 saturated heterocycles. The monoisotopic (exact) mass is 326 g/mol. The van der Waals surface area contributed by atoms with Gasteiger partial charge in [-0.05, 0) is 12.3 Å². The van der Waals surface area contributed by atoms with Crippen LogP contribution in [0.15, 0.2) is 0 Å². The fourth-order valence-corrected chi connectivity index (χ4v) is 3.65. The Bertz CT molecular complexity index is 202. The van der Waals surface area contributed by atoms with Gasteiger partial charge in [-0.1, -0.05) is 123 Å². The van der Waals surface area contributed by atoms with Crippen molar-refractivity contribution in [2.75, 3.05) is 6.61 Å². The van der Waals surface area contributed by atoms with Crippen molar-refractivity contribution in [1.29, 1.82) is 0 Å². The number of aliphatic hydroxyl groups excluding tert-OH is 1. The molecular formula is C22H46O. The molecule has 23 heavy (non-hydrogen) atoms. The van der Waals surface area contributed by atoms with Crippen molar-refractivity contribution < 1.29 is 5.11 Å². The summed E-state index contributed by atoms with van der Waals surface area (Å²) in [5.41, 5.74) is 0. The second-order valence-electron chi connectivity index (χ2n) is 7.55. The molecule has 0 rings (SSSR count). The van der Waals surface area contributed by atoms with Crippen molar-refractivity contribution in [3.05, 3.63) is 0 Å². The van der Waals surface area contributed by atoms with Crippen molar-refractivity contribution in [2.45, 2.75) is 129 Å². The van der Waals surface area contributed by atoms with Crippen LogP contribution < -0.4 is 0 Å². The Kier molecular flexibility index (Phi) is 20.0. The molecule has 0 fully saturated rings. The van der Waals surface area contributed by atoms with Crippen molar-refractivity contribution in [1.82, 2.24) is 0 Å². The Morgan fingerprint density at radius 3 is 1.35 bits per heavy atom. The van der Waals surface area contributed by atoms with E-state index in [0.717, 1.165) is 12.3 Å². The Balaban J connectivity index is 3.22. The van der Waals surface area contributed by atoms with E-state index in [1.807, 2.05) is 0 Å². The maximum Gasteiger partial charge on any atom is 0.0431 e. The lowest BCUT2D eigenvalue weighted by Crippen LogP contribution is -2.00. The summed E-state index contributed by atoms with van der Waals surface area (Å²) in [5.74, 6) is 1.02. The molecule has 0 aromatic carbocycles. The zero-order valence-corrected chi connectivity index (χ0v) is 16.5. The van der Waals surface area contributed by atoms with Gasteiger partial charge in [0, 0.05) is 6.61 Å². The van der Waals surface area contributed by atoms with E-state index in [2.05, 4.69) is 13.8 Å². The van der Waals surface area contributed by atoms with E-state index < -0.39 is 0 Å². The molecule has 1 N–H and O–H groups in total. The predicted molar refractivity (Wildman–Crippen MR) is 105 cm³/mol. The van der Waals surface area contributed by atoms with E-state index >= 15 is 0 Å². The molecule has 1 unspecified atom stereocenters. The molecule has 0 radical (unpaired) electrons. The van der Waals surface area contributed by atoms with Gasteiger partial charge in [-0.3, -0.25) is 0 Å². The lowest BCUT2D eigenvalue weighted by molar-refractivity contribution is 0.282. The van der Waals surface area contributed by atoms with Gasteiger partial charge in [-0.2, -0.15) is 0 Å². The minimum atomic E-state index is 0.373. The molecule has 0 saturated carbocycles. The van der Waals surface area contributed by atoms with Gasteiger partial charge < -0.3 is 5.11 Å². The number of unbranched alkanes of at least 4 members (excludes halogenated alkanes) is 12. The Hall–Kier alpha value is -0.0400. The van der Waals surface area contributed by atoms with Crippen LogP contribution >= 0.6 is 0 Å². The van der Waals surface area contributed by atoms with Crippen LogP contribution in [0.25, 0.3) is 0 Å². The van der Waals surface area contributed by atoms with E-state index in [4.69, 9.17) is 5.11 Å². The highest BCUT2D eigenvalue weighted by molar-refractivity contribution is 4.60. The number of hydrogen-bond acceptors (Lipinski definition) is 1. The summed E-state index contributed by atoms with van der Waals surface area (Å²) in [6.45, 7) is 5.03. The summed E-state index contributed by atoms with van der Waals surface area (Å²) in [6, 6.07) is 0. The van der Waals surface area contributed by atoms with Crippen LogP contribution in [-0.2, 0) is 0 Å². The van der Waals surface area contributed by atoms with Crippen molar-refractivity contribution in [2.24, 2.45) is 5.92 Å². The summed E-state index contributed by atoms with van der Waals surface area (Å²) >= 11 is 0. The van der Waals surface area contributed by atoms with Crippen molar-refractivity contribution in [3.8, 4) is 0 Å². The molecule has 0 spiro atoms. The molecule has 1 heteroatoms. The molecule has 140 valence electrons. The molecule has 0 aliphatic carbocycles. The van der Waals surface area contributed by atoms with Gasteiger partial charge in [0.05, 0.1) is 0 Å².